The van der Waals surface area contributed by atoms with E-state index >= 15 is 0 Å². The Morgan fingerprint density at radius 3 is 2.33 bits per heavy atom. The van der Waals surface area contributed by atoms with Gasteiger partial charge in [0.25, 0.3) is 0 Å². The Hall–Kier alpha value is -1.93. The number of carboxylic acids is 1. The van der Waals surface area contributed by atoms with Gasteiger partial charge in [0.1, 0.15) is 0 Å². The molecule has 0 saturated carbocycles. The molecule has 1 N–H and O–H groups in total. The monoisotopic (exact) mass is 354 g/mol. The molecule has 1 fully saturated rings. The van der Waals surface area contributed by atoms with Gasteiger partial charge in [-0.15, -0.1) is 0 Å². The molecule has 0 bridgehead atoms. The Balaban J connectivity index is 2.41. The van der Waals surface area contributed by atoms with Crippen LogP contribution in [0.1, 0.15) is 35.3 Å². The minimum Gasteiger partial charge on any atom is -0.478 e. The van der Waals surface area contributed by atoms with Gasteiger partial charge in [-0.05, 0) is 44.9 Å². The summed E-state index contributed by atoms with van der Waals surface area (Å²) in [6.07, 6.45) is 0. The van der Waals surface area contributed by atoms with E-state index in [1.165, 1.54) is 19.1 Å². The van der Waals surface area contributed by atoms with Crippen molar-refractivity contribution in [2.45, 2.75) is 38.6 Å². The molecule has 132 valence electrons. The summed E-state index contributed by atoms with van der Waals surface area (Å²) in [5.41, 5.74) is 0.684. The number of hydrogen-bond acceptors (Lipinski definition) is 4. The predicted octanol–water partition coefficient (Wildman–Crippen LogP) is 1.24. The average molecular weight is 354 g/mol. The SMILES string of the molecule is Cc1ccc(S(=O)(=O)N2CCN(C(C)C)C(=O)C2)c(C)c1C(=O)O. The Morgan fingerprint density at radius 1 is 1.21 bits per heavy atom. The van der Waals surface area contributed by atoms with Crippen LogP contribution in [-0.4, -0.2) is 60.3 Å². The van der Waals surface area contributed by atoms with Gasteiger partial charge in [-0.3, -0.25) is 4.79 Å². The molecular formula is C16H22N2O5S. The van der Waals surface area contributed by atoms with E-state index in [1.54, 1.807) is 11.8 Å². The van der Waals surface area contributed by atoms with Gasteiger partial charge in [0.15, 0.2) is 0 Å². The van der Waals surface area contributed by atoms with E-state index in [0.29, 0.717) is 12.1 Å². The molecule has 1 aliphatic heterocycles. The summed E-state index contributed by atoms with van der Waals surface area (Å²) >= 11 is 0. The summed E-state index contributed by atoms with van der Waals surface area (Å²) in [5.74, 6) is -1.41. The summed E-state index contributed by atoms with van der Waals surface area (Å²) < 4.78 is 26.9. The predicted molar refractivity (Wildman–Crippen MR) is 88.5 cm³/mol. The first-order chi connectivity index (χ1) is 11.1. The van der Waals surface area contributed by atoms with Crippen LogP contribution in [0.25, 0.3) is 0 Å². The molecule has 1 aromatic carbocycles. The number of sulfonamides is 1. The van der Waals surface area contributed by atoms with Crippen LogP contribution in [0.4, 0.5) is 0 Å². The van der Waals surface area contributed by atoms with Crippen LogP contribution in [0.15, 0.2) is 17.0 Å². The van der Waals surface area contributed by atoms with Crippen molar-refractivity contribution in [3.63, 3.8) is 0 Å². The van der Waals surface area contributed by atoms with Gasteiger partial charge in [-0.1, -0.05) is 6.07 Å². The zero-order chi connectivity index (χ0) is 18.2. The van der Waals surface area contributed by atoms with Crippen LogP contribution in [0.5, 0.6) is 0 Å². The lowest BCUT2D eigenvalue weighted by Gasteiger charge is -2.36. The molecule has 0 atom stereocenters. The van der Waals surface area contributed by atoms with Crippen LogP contribution in [-0.2, 0) is 14.8 Å². The third kappa shape index (κ3) is 3.16. The minimum atomic E-state index is -3.93. The van der Waals surface area contributed by atoms with Gasteiger partial charge in [0, 0.05) is 19.1 Å². The van der Waals surface area contributed by atoms with Crippen molar-refractivity contribution in [3.8, 4) is 0 Å². The summed E-state index contributed by atoms with van der Waals surface area (Å²) in [5, 5.41) is 9.32. The van der Waals surface area contributed by atoms with Crippen LogP contribution in [0.3, 0.4) is 0 Å². The number of carboxylic acid groups (broad SMARTS) is 1. The Labute approximate surface area is 141 Å². The first-order valence-corrected chi connectivity index (χ1v) is 9.14. The highest BCUT2D eigenvalue weighted by Gasteiger charge is 2.35. The van der Waals surface area contributed by atoms with Gasteiger partial charge in [-0.25, -0.2) is 13.2 Å². The number of piperazine rings is 1. The summed E-state index contributed by atoms with van der Waals surface area (Å²) in [6.45, 7) is 7.16. The van der Waals surface area contributed by atoms with Crippen LogP contribution < -0.4 is 0 Å². The van der Waals surface area contributed by atoms with Gasteiger partial charge in [0.2, 0.25) is 15.9 Å². The van der Waals surface area contributed by atoms with Crippen LogP contribution >= 0.6 is 0 Å². The number of aromatic carboxylic acids is 1. The van der Waals surface area contributed by atoms with Crippen molar-refractivity contribution in [1.82, 2.24) is 9.21 Å². The average Bonchev–Trinajstić information content (AvgIpc) is 2.45. The van der Waals surface area contributed by atoms with Gasteiger partial charge >= 0.3 is 5.97 Å². The number of carbonyl (C=O) groups is 2. The lowest BCUT2D eigenvalue weighted by Crippen LogP contribution is -2.54. The molecule has 2 rings (SSSR count). The summed E-state index contributed by atoms with van der Waals surface area (Å²) in [4.78, 5) is 25.1. The van der Waals surface area contributed by atoms with Crippen molar-refractivity contribution < 1.29 is 23.1 Å². The standard InChI is InChI=1S/C16H22N2O5S/c1-10(2)18-8-7-17(9-14(18)19)24(22,23)13-6-5-11(3)15(12(13)4)16(20)21/h5-6,10H,7-9H2,1-4H3,(H,20,21). The van der Waals surface area contributed by atoms with Crippen molar-refractivity contribution in [2.75, 3.05) is 19.6 Å². The second-order valence-electron chi connectivity index (χ2n) is 6.21. The molecule has 8 heteroatoms. The quantitative estimate of drug-likeness (QED) is 0.878. The lowest BCUT2D eigenvalue weighted by molar-refractivity contribution is -0.135. The minimum absolute atomic E-state index is 0.0109. The lowest BCUT2D eigenvalue weighted by atomic mass is 10.0. The first kappa shape index (κ1) is 18.4. The third-order valence-electron chi connectivity index (χ3n) is 4.30. The second kappa shape index (κ2) is 6.52. The highest BCUT2D eigenvalue weighted by Crippen LogP contribution is 2.26. The molecule has 0 aromatic heterocycles. The van der Waals surface area contributed by atoms with E-state index in [1.807, 2.05) is 13.8 Å². The summed E-state index contributed by atoms with van der Waals surface area (Å²) in [7, 11) is -3.93. The number of carbonyl (C=O) groups excluding carboxylic acids is 1. The molecule has 1 amide bonds. The molecule has 0 spiro atoms. The van der Waals surface area contributed by atoms with Crippen molar-refractivity contribution in [1.29, 1.82) is 0 Å². The van der Waals surface area contributed by atoms with E-state index in [4.69, 9.17) is 0 Å². The Bertz CT molecular complexity index is 786. The molecule has 0 aliphatic carbocycles. The Morgan fingerprint density at radius 2 is 1.83 bits per heavy atom. The van der Waals surface area contributed by atoms with Crippen LogP contribution in [0, 0.1) is 13.8 Å². The van der Waals surface area contributed by atoms with Gasteiger partial charge < -0.3 is 10.0 Å². The maximum absolute atomic E-state index is 12.9. The fraction of sp³-hybridized carbons (Fsp3) is 0.500. The topological polar surface area (TPSA) is 95.0 Å². The van der Waals surface area contributed by atoms with E-state index in [-0.39, 0.29) is 41.1 Å². The van der Waals surface area contributed by atoms with Crippen molar-refractivity contribution >= 4 is 21.9 Å². The number of rotatable bonds is 4. The van der Waals surface area contributed by atoms with E-state index in [0.717, 1.165) is 4.31 Å². The molecule has 1 aliphatic rings. The van der Waals surface area contributed by atoms with Crippen LogP contribution in [0.2, 0.25) is 0 Å². The number of amides is 1. The number of hydrogen-bond donors (Lipinski definition) is 1. The largest absolute Gasteiger partial charge is 0.478 e. The van der Waals surface area contributed by atoms with E-state index < -0.39 is 16.0 Å². The maximum Gasteiger partial charge on any atom is 0.336 e. The molecule has 7 nitrogen and oxygen atoms in total. The fourth-order valence-corrected chi connectivity index (χ4v) is 4.60. The van der Waals surface area contributed by atoms with Gasteiger partial charge in [-0.2, -0.15) is 4.31 Å². The fourth-order valence-electron chi connectivity index (χ4n) is 2.99. The molecule has 0 radical (unpaired) electrons. The highest BCUT2D eigenvalue weighted by molar-refractivity contribution is 7.89. The number of benzene rings is 1. The molecule has 1 saturated heterocycles. The smallest absolute Gasteiger partial charge is 0.336 e. The number of nitrogens with zero attached hydrogens (tertiary/aromatic N) is 2. The summed E-state index contributed by atoms with van der Waals surface area (Å²) in [6, 6.07) is 2.91. The molecule has 1 aromatic rings. The molecule has 0 unspecified atom stereocenters. The first-order valence-electron chi connectivity index (χ1n) is 7.70. The van der Waals surface area contributed by atoms with Gasteiger partial charge in [0.05, 0.1) is 17.0 Å². The second-order valence-corrected chi connectivity index (χ2v) is 8.11. The third-order valence-corrected chi connectivity index (χ3v) is 6.29. The molecule has 1 heterocycles. The van der Waals surface area contributed by atoms with Crippen molar-refractivity contribution in [2.24, 2.45) is 0 Å². The Kier molecular flexibility index (Phi) is 5.00. The maximum atomic E-state index is 12.9. The highest BCUT2D eigenvalue weighted by atomic mass is 32.2. The molecular weight excluding hydrogens is 332 g/mol. The van der Waals surface area contributed by atoms with E-state index in [2.05, 4.69) is 0 Å². The zero-order valence-corrected chi connectivity index (χ0v) is 15.1. The number of aryl methyl sites for hydroxylation is 1. The normalized spacial score (nSPS) is 16.7. The van der Waals surface area contributed by atoms with Crippen molar-refractivity contribution in [3.05, 3.63) is 28.8 Å². The van der Waals surface area contributed by atoms with E-state index in [9.17, 15) is 23.1 Å². The molecule has 24 heavy (non-hydrogen) atoms. The zero-order valence-electron chi connectivity index (χ0n) is 14.2.